The number of rotatable bonds is 6. The molecule has 0 saturated heterocycles. The van der Waals surface area contributed by atoms with Crippen LogP contribution in [0.5, 0.6) is 5.75 Å². The van der Waals surface area contributed by atoms with E-state index in [9.17, 15) is 19.9 Å². The molecule has 0 saturated carbocycles. The fourth-order valence-electron chi connectivity index (χ4n) is 2.54. The van der Waals surface area contributed by atoms with Gasteiger partial charge in [0, 0.05) is 12.6 Å². The minimum Gasteiger partial charge on any atom is -0.496 e. The van der Waals surface area contributed by atoms with E-state index in [2.05, 4.69) is 0 Å². The van der Waals surface area contributed by atoms with Crippen molar-refractivity contribution in [2.24, 2.45) is 0 Å². The van der Waals surface area contributed by atoms with E-state index in [1.807, 2.05) is 0 Å². The lowest BCUT2D eigenvalue weighted by Gasteiger charge is -2.30. The van der Waals surface area contributed by atoms with Gasteiger partial charge in [-0.1, -0.05) is 48.5 Å². The zero-order chi connectivity index (χ0) is 17.7. The van der Waals surface area contributed by atoms with E-state index in [-0.39, 0.29) is 5.06 Å². The molecule has 1 atom stereocenters. The van der Waals surface area contributed by atoms with E-state index in [0.29, 0.717) is 16.9 Å². The normalized spacial score (nSPS) is 13.0. The van der Waals surface area contributed by atoms with Crippen molar-refractivity contribution in [3.05, 3.63) is 65.7 Å². The maximum Gasteiger partial charge on any atom is 0.313 e. The molecular weight excluding hydrogens is 310 g/mol. The van der Waals surface area contributed by atoms with Gasteiger partial charge in [-0.25, -0.2) is 5.06 Å². The molecule has 24 heavy (non-hydrogen) atoms. The number of hydroxylamine groups is 2. The molecule has 0 heterocycles. The first-order valence-electron chi connectivity index (χ1n) is 7.31. The summed E-state index contributed by atoms with van der Waals surface area (Å²) in [6.45, 7) is 0. The second kappa shape index (κ2) is 7.25. The summed E-state index contributed by atoms with van der Waals surface area (Å²) >= 11 is 0. The first kappa shape index (κ1) is 17.7. The van der Waals surface area contributed by atoms with Gasteiger partial charge in [0.25, 0.3) is 0 Å². The average molecular weight is 329 g/mol. The fraction of sp³-hybridized carbons (Fsp3) is 0.222. The number of carbonyl (C=O) groups is 2. The number of aliphatic hydroxyl groups is 1. The zero-order valence-corrected chi connectivity index (χ0v) is 13.5. The van der Waals surface area contributed by atoms with Crippen LogP contribution in [-0.4, -0.2) is 41.2 Å². The number of nitrogens with zero attached hydrogens (tertiary/aromatic N) is 1. The molecule has 0 radical (unpaired) electrons. The summed E-state index contributed by atoms with van der Waals surface area (Å²) in [7, 11) is 2.52. The van der Waals surface area contributed by atoms with E-state index in [4.69, 9.17) is 4.74 Å². The summed E-state index contributed by atoms with van der Waals surface area (Å²) in [6, 6.07) is 15.3. The lowest BCUT2D eigenvalue weighted by Crippen LogP contribution is -2.38. The predicted molar refractivity (Wildman–Crippen MR) is 86.6 cm³/mol. The van der Waals surface area contributed by atoms with E-state index >= 15 is 0 Å². The van der Waals surface area contributed by atoms with E-state index in [1.165, 1.54) is 7.11 Å². The Labute approximate surface area is 139 Å². The Balaban J connectivity index is 2.55. The SMILES string of the molecule is COc1ccccc1C(O)(CC(=O)C(=O)N(C)O)c1ccccc1. The highest BCUT2D eigenvalue weighted by Crippen LogP contribution is 2.38. The van der Waals surface area contributed by atoms with Gasteiger partial charge in [0.2, 0.25) is 5.78 Å². The summed E-state index contributed by atoms with van der Waals surface area (Å²) in [5, 5.41) is 20.7. The van der Waals surface area contributed by atoms with Gasteiger partial charge in [-0.2, -0.15) is 0 Å². The molecule has 0 aromatic heterocycles. The van der Waals surface area contributed by atoms with E-state index < -0.39 is 23.7 Å². The number of hydrogen-bond donors (Lipinski definition) is 2. The Morgan fingerprint density at radius 2 is 1.67 bits per heavy atom. The van der Waals surface area contributed by atoms with Crippen LogP contribution in [0.3, 0.4) is 0 Å². The van der Waals surface area contributed by atoms with Crippen LogP contribution < -0.4 is 4.74 Å². The highest BCUT2D eigenvalue weighted by atomic mass is 16.5. The van der Waals surface area contributed by atoms with Crippen molar-refractivity contribution in [1.29, 1.82) is 0 Å². The molecule has 0 aliphatic heterocycles. The summed E-state index contributed by atoms with van der Waals surface area (Å²) in [4.78, 5) is 23.9. The molecular formula is C18H19NO5. The molecule has 0 fully saturated rings. The van der Waals surface area contributed by atoms with Gasteiger partial charge in [0.05, 0.1) is 13.5 Å². The molecule has 0 aliphatic rings. The van der Waals surface area contributed by atoms with Crippen molar-refractivity contribution in [3.63, 3.8) is 0 Å². The molecule has 6 heteroatoms. The van der Waals surface area contributed by atoms with Gasteiger partial charge in [0.15, 0.2) is 0 Å². The molecule has 2 aromatic carbocycles. The molecule has 1 amide bonds. The van der Waals surface area contributed by atoms with Crippen molar-refractivity contribution >= 4 is 11.7 Å². The minimum absolute atomic E-state index is 0.204. The quantitative estimate of drug-likeness (QED) is 0.479. The number of para-hydroxylation sites is 1. The molecule has 2 N–H and O–H groups in total. The third-order valence-corrected chi connectivity index (χ3v) is 3.75. The molecule has 6 nitrogen and oxygen atoms in total. The van der Waals surface area contributed by atoms with Crippen LogP contribution in [0.25, 0.3) is 0 Å². The molecule has 2 rings (SSSR count). The second-order valence-corrected chi connectivity index (χ2v) is 5.36. The second-order valence-electron chi connectivity index (χ2n) is 5.36. The van der Waals surface area contributed by atoms with Crippen LogP contribution in [0.15, 0.2) is 54.6 Å². The molecule has 0 spiro atoms. The number of hydrogen-bond acceptors (Lipinski definition) is 5. The third kappa shape index (κ3) is 3.45. The topological polar surface area (TPSA) is 87.1 Å². The van der Waals surface area contributed by atoms with Gasteiger partial charge in [-0.3, -0.25) is 14.8 Å². The third-order valence-electron chi connectivity index (χ3n) is 3.75. The van der Waals surface area contributed by atoms with Crippen LogP contribution in [0.1, 0.15) is 17.5 Å². The Bertz CT molecular complexity index is 729. The van der Waals surface area contributed by atoms with Crippen molar-refractivity contribution in [2.45, 2.75) is 12.0 Å². The number of likely N-dealkylation sites (N-methyl/N-ethyl adjacent to an activating group) is 1. The summed E-state index contributed by atoms with van der Waals surface area (Å²) < 4.78 is 5.29. The average Bonchev–Trinajstić information content (AvgIpc) is 2.61. The van der Waals surface area contributed by atoms with Crippen molar-refractivity contribution in [1.82, 2.24) is 5.06 Å². The number of carbonyl (C=O) groups excluding carboxylic acids is 2. The molecule has 126 valence electrons. The maximum absolute atomic E-state index is 12.2. The molecule has 0 aliphatic carbocycles. The van der Waals surface area contributed by atoms with Gasteiger partial charge >= 0.3 is 5.91 Å². The number of benzene rings is 2. The Morgan fingerprint density at radius 3 is 2.25 bits per heavy atom. The van der Waals surface area contributed by atoms with Crippen molar-refractivity contribution in [3.8, 4) is 5.75 Å². The highest BCUT2D eigenvalue weighted by molar-refractivity contribution is 6.35. The number of ether oxygens (including phenoxy) is 1. The number of Topliss-reactive ketones (excluding diaryl/α,β-unsaturated/α-hetero) is 1. The number of methoxy groups -OCH3 is 1. The van der Waals surface area contributed by atoms with Crippen LogP contribution in [0.4, 0.5) is 0 Å². The first-order valence-corrected chi connectivity index (χ1v) is 7.31. The first-order chi connectivity index (χ1) is 11.4. The molecule has 1 unspecified atom stereocenters. The van der Waals surface area contributed by atoms with Gasteiger partial charge in [0.1, 0.15) is 11.4 Å². The van der Waals surface area contributed by atoms with Crippen molar-refractivity contribution in [2.75, 3.05) is 14.2 Å². The van der Waals surface area contributed by atoms with E-state index in [1.54, 1.807) is 54.6 Å². The Kier molecular flexibility index (Phi) is 5.33. The minimum atomic E-state index is -1.77. The Morgan fingerprint density at radius 1 is 1.08 bits per heavy atom. The smallest absolute Gasteiger partial charge is 0.313 e. The number of amides is 1. The highest BCUT2D eigenvalue weighted by Gasteiger charge is 2.38. The zero-order valence-electron chi connectivity index (χ0n) is 13.5. The predicted octanol–water partition coefficient (Wildman–Crippen LogP) is 1.74. The molecule has 0 bridgehead atoms. The summed E-state index contributed by atoms with van der Waals surface area (Å²) in [5.74, 6) is -1.63. The monoisotopic (exact) mass is 329 g/mol. The largest absolute Gasteiger partial charge is 0.496 e. The lowest BCUT2D eigenvalue weighted by atomic mass is 9.81. The van der Waals surface area contributed by atoms with Gasteiger partial charge in [-0.05, 0) is 11.6 Å². The summed E-state index contributed by atoms with van der Waals surface area (Å²) in [6.07, 6.45) is -0.527. The van der Waals surface area contributed by atoms with Gasteiger partial charge in [-0.15, -0.1) is 0 Å². The van der Waals surface area contributed by atoms with Crippen LogP contribution in [-0.2, 0) is 15.2 Å². The number of ketones is 1. The Hall–Kier alpha value is -2.70. The van der Waals surface area contributed by atoms with E-state index in [0.717, 1.165) is 7.05 Å². The van der Waals surface area contributed by atoms with Crippen LogP contribution in [0.2, 0.25) is 0 Å². The maximum atomic E-state index is 12.2. The van der Waals surface area contributed by atoms with Crippen molar-refractivity contribution < 1.29 is 24.6 Å². The van der Waals surface area contributed by atoms with Crippen LogP contribution in [0, 0.1) is 0 Å². The van der Waals surface area contributed by atoms with Crippen LogP contribution >= 0.6 is 0 Å². The standard InChI is InChI=1S/C18H19NO5/c1-19(23)17(21)15(20)12-18(22,13-8-4-3-5-9-13)14-10-6-7-11-16(14)24-2/h3-11,22-23H,12H2,1-2H3. The fourth-order valence-corrected chi connectivity index (χ4v) is 2.54. The lowest BCUT2D eigenvalue weighted by molar-refractivity contribution is -0.166. The molecule has 2 aromatic rings. The van der Waals surface area contributed by atoms with Gasteiger partial charge < -0.3 is 9.84 Å². The summed E-state index contributed by atoms with van der Waals surface area (Å²) in [5.41, 5.74) is -0.965.